The molecule has 0 saturated carbocycles. The first-order valence-corrected chi connectivity index (χ1v) is 7.57. The lowest BCUT2D eigenvalue weighted by Crippen LogP contribution is -2.38. The summed E-state index contributed by atoms with van der Waals surface area (Å²) in [5, 5.41) is 3.59. The van der Waals surface area contributed by atoms with Crippen LogP contribution < -0.4 is 5.32 Å². The standard InChI is InChI=1S/C15H25BrN2/c1-5-18(6-2)11-13(4)17-10-14-9-7-8-12(3)15(14)16/h7-9,13,17H,5-6,10-11H2,1-4H3. The van der Waals surface area contributed by atoms with Gasteiger partial charge in [0.1, 0.15) is 0 Å². The predicted octanol–water partition coefficient (Wildman–Crippen LogP) is 3.58. The molecule has 1 rings (SSSR count). The second kappa shape index (κ2) is 7.93. The molecular formula is C15H25BrN2. The van der Waals surface area contributed by atoms with Crippen LogP contribution in [0.4, 0.5) is 0 Å². The quantitative estimate of drug-likeness (QED) is 0.828. The van der Waals surface area contributed by atoms with Crippen LogP contribution in [-0.2, 0) is 6.54 Å². The summed E-state index contributed by atoms with van der Waals surface area (Å²) in [5.41, 5.74) is 2.63. The Kier molecular flexibility index (Phi) is 6.90. The van der Waals surface area contributed by atoms with Crippen LogP contribution in [0.15, 0.2) is 22.7 Å². The number of likely N-dealkylation sites (N-methyl/N-ethyl adjacent to an activating group) is 1. The molecule has 18 heavy (non-hydrogen) atoms. The summed E-state index contributed by atoms with van der Waals surface area (Å²) in [6, 6.07) is 6.94. The Morgan fingerprint density at radius 2 is 1.94 bits per heavy atom. The molecule has 0 amide bonds. The largest absolute Gasteiger partial charge is 0.309 e. The number of halogens is 1. The molecule has 102 valence electrons. The SMILES string of the molecule is CCN(CC)CC(C)NCc1cccc(C)c1Br. The third-order valence-corrected chi connectivity index (χ3v) is 4.47. The fourth-order valence-corrected chi connectivity index (χ4v) is 2.47. The van der Waals surface area contributed by atoms with Crippen molar-refractivity contribution in [1.82, 2.24) is 10.2 Å². The summed E-state index contributed by atoms with van der Waals surface area (Å²) < 4.78 is 1.23. The fourth-order valence-electron chi connectivity index (χ4n) is 2.06. The van der Waals surface area contributed by atoms with E-state index in [0.717, 1.165) is 26.2 Å². The number of benzene rings is 1. The van der Waals surface area contributed by atoms with Gasteiger partial charge in [0, 0.05) is 23.6 Å². The van der Waals surface area contributed by atoms with E-state index in [1.165, 1.54) is 15.6 Å². The lowest BCUT2D eigenvalue weighted by atomic mass is 10.1. The van der Waals surface area contributed by atoms with Gasteiger partial charge < -0.3 is 10.2 Å². The van der Waals surface area contributed by atoms with Crippen molar-refractivity contribution in [3.8, 4) is 0 Å². The highest BCUT2D eigenvalue weighted by atomic mass is 79.9. The van der Waals surface area contributed by atoms with E-state index < -0.39 is 0 Å². The minimum atomic E-state index is 0.511. The molecule has 0 aliphatic rings. The number of hydrogen-bond donors (Lipinski definition) is 1. The van der Waals surface area contributed by atoms with Crippen LogP contribution >= 0.6 is 15.9 Å². The molecule has 0 bridgehead atoms. The summed E-state index contributed by atoms with van der Waals surface area (Å²) >= 11 is 3.66. The molecule has 1 unspecified atom stereocenters. The van der Waals surface area contributed by atoms with Crippen molar-refractivity contribution >= 4 is 15.9 Å². The highest BCUT2D eigenvalue weighted by Crippen LogP contribution is 2.20. The summed E-state index contributed by atoms with van der Waals surface area (Å²) in [4.78, 5) is 2.45. The van der Waals surface area contributed by atoms with Crippen molar-refractivity contribution < 1.29 is 0 Å². The number of hydrogen-bond acceptors (Lipinski definition) is 2. The average Bonchev–Trinajstić information content (AvgIpc) is 2.37. The Morgan fingerprint density at radius 1 is 1.28 bits per heavy atom. The van der Waals surface area contributed by atoms with Crippen molar-refractivity contribution in [2.45, 2.75) is 40.3 Å². The summed E-state index contributed by atoms with van der Waals surface area (Å²) in [5.74, 6) is 0. The minimum absolute atomic E-state index is 0.511. The van der Waals surface area contributed by atoms with E-state index in [2.05, 4.69) is 72.0 Å². The van der Waals surface area contributed by atoms with Gasteiger partial charge >= 0.3 is 0 Å². The molecule has 0 aromatic heterocycles. The van der Waals surface area contributed by atoms with Crippen LogP contribution in [0, 0.1) is 6.92 Å². The van der Waals surface area contributed by atoms with E-state index in [4.69, 9.17) is 0 Å². The Hall–Kier alpha value is -0.380. The van der Waals surface area contributed by atoms with Gasteiger partial charge in [-0.25, -0.2) is 0 Å². The maximum Gasteiger partial charge on any atom is 0.0249 e. The molecule has 0 fully saturated rings. The zero-order valence-corrected chi connectivity index (χ0v) is 13.5. The summed E-state index contributed by atoms with van der Waals surface area (Å²) in [7, 11) is 0. The van der Waals surface area contributed by atoms with Gasteiger partial charge in [-0.05, 0) is 38.1 Å². The van der Waals surface area contributed by atoms with Gasteiger partial charge in [0.15, 0.2) is 0 Å². The van der Waals surface area contributed by atoms with E-state index in [1.54, 1.807) is 0 Å². The second-order valence-corrected chi connectivity index (χ2v) is 5.61. The van der Waals surface area contributed by atoms with Gasteiger partial charge in [0.25, 0.3) is 0 Å². The van der Waals surface area contributed by atoms with E-state index in [1.807, 2.05) is 0 Å². The predicted molar refractivity (Wildman–Crippen MR) is 83.0 cm³/mol. The molecular weight excluding hydrogens is 288 g/mol. The van der Waals surface area contributed by atoms with Crippen molar-refractivity contribution in [1.29, 1.82) is 0 Å². The van der Waals surface area contributed by atoms with Gasteiger partial charge in [-0.1, -0.05) is 48.0 Å². The third-order valence-electron chi connectivity index (χ3n) is 3.34. The average molecular weight is 313 g/mol. The molecule has 0 aliphatic heterocycles. The fraction of sp³-hybridized carbons (Fsp3) is 0.600. The van der Waals surface area contributed by atoms with Gasteiger partial charge in [0.05, 0.1) is 0 Å². The Morgan fingerprint density at radius 3 is 2.56 bits per heavy atom. The van der Waals surface area contributed by atoms with Crippen LogP contribution in [-0.4, -0.2) is 30.6 Å². The Labute approximate surface area is 120 Å². The molecule has 0 heterocycles. The van der Waals surface area contributed by atoms with Crippen LogP contribution in [0.1, 0.15) is 31.9 Å². The van der Waals surface area contributed by atoms with E-state index in [9.17, 15) is 0 Å². The molecule has 1 atom stereocenters. The molecule has 0 spiro atoms. The van der Waals surface area contributed by atoms with E-state index >= 15 is 0 Å². The molecule has 3 heteroatoms. The van der Waals surface area contributed by atoms with Gasteiger partial charge in [-0.15, -0.1) is 0 Å². The second-order valence-electron chi connectivity index (χ2n) is 4.82. The third kappa shape index (κ3) is 4.71. The highest BCUT2D eigenvalue weighted by Gasteiger charge is 2.08. The highest BCUT2D eigenvalue weighted by molar-refractivity contribution is 9.10. The monoisotopic (exact) mass is 312 g/mol. The lowest BCUT2D eigenvalue weighted by molar-refractivity contribution is 0.270. The minimum Gasteiger partial charge on any atom is -0.309 e. The molecule has 1 aromatic rings. The molecule has 0 radical (unpaired) electrons. The maximum absolute atomic E-state index is 3.66. The first kappa shape index (κ1) is 15.7. The van der Waals surface area contributed by atoms with Gasteiger partial charge in [-0.2, -0.15) is 0 Å². The van der Waals surface area contributed by atoms with Crippen LogP contribution in [0.5, 0.6) is 0 Å². The van der Waals surface area contributed by atoms with Gasteiger partial charge in [0.2, 0.25) is 0 Å². The van der Waals surface area contributed by atoms with E-state index in [-0.39, 0.29) is 0 Å². The molecule has 1 N–H and O–H groups in total. The molecule has 2 nitrogen and oxygen atoms in total. The molecule has 0 aliphatic carbocycles. The maximum atomic E-state index is 3.66. The lowest BCUT2D eigenvalue weighted by Gasteiger charge is -2.23. The number of nitrogens with zero attached hydrogens (tertiary/aromatic N) is 1. The Balaban J connectivity index is 2.47. The van der Waals surface area contributed by atoms with Crippen LogP contribution in [0.2, 0.25) is 0 Å². The summed E-state index contributed by atoms with van der Waals surface area (Å²) in [6.07, 6.45) is 0. The van der Waals surface area contributed by atoms with Crippen molar-refractivity contribution in [2.75, 3.05) is 19.6 Å². The normalized spacial score (nSPS) is 13.0. The van der Waals surface area contributed by atoms with Crippen molar-refractivity contribution in [3.63, 3.8) is 0 Å². The number of rotatable bonds is 7. The first-order chi connectivity index (χ1) is 8.58. The van der Waals surface area contributed by atoms with Crippen LogP contribution in [0.3, 0.4) is 0 Å². The number of aryl methyl sites for hydroxylation is 1. The van der Waals surface area contributed by atoms with Crippen LogP contribution in [0.25, 0.3) is 0 Å². The van der Waals surface area contributed by atoms with Crippen molar-refractivity contribution in [3.05, 3.63) is 33.8 Å². The zero-order valence-electron chi connectivity index (χ0n) is 12.0. The topological polar surface area (TPSA) is 15.3 Å². The Bertz CT molecular complexity index is 362. The smallest absolute Gasteiger partial charge is 0.0249 e. The number of nitrogens with one attached hydrogen (secondary N) is 1. The van der Waals surface area contributed by atoms with E-state index in [0.29, 0.717) is 6.04 Å². The van der Waals surface area contributed by atoms with Gasteiger partial charge in [-0.3, -0.25) is 0 Å². The molecule has 0 saturated heterocycles. The first-order valence-electron chi connectivity index (χ1n) is 6.78. The zero-order chi connectivity index (χ0) is 13.5. The molecule has 1 aromatic carbocycles. The summed E-state index contributed by atoms with van der Waals surface area (Å²) in [6.45, 7) is 13.1. The van der Waals surface area contributed by atoms with Crippen molar-refractivity contribution in [2.24, 2.45) is 0 Å².